The van der Waals surface area contributed by atoms with Crippen molar-refractivity contribution in [3.8, 4) is 5.75 Å². The Kier molecular flexibility index (Phi) is 6.91. The summed E-state index contributed by atoms with van der Waals surface area (Å²) in [5.74, 6) is 1.21. The summed E-state index contributed by atoms with van der Waals surface area (Å²) in [6, 6.07) is 7.61. The fourth-order valence-corrected chi connectivity index (χ4v) is 3.55. The number of hydrogen-bond acceptors (Lipinski definition) is 4. The average Bonchev–Trinajstić information content (AvgIpc) is 3.18. The van der Waals surface area contributed by atoms with Crippen molar-refractivity contribution in [2.75, 3.05) is 26.8 Å². The van der Waals surface area contributed by atoms with Crippen LogP contribution in [-0.2, 0) is 11.3 Å². The molecule has 2 N–H and O–H groups in total. The first-order chi connectivity index (χ1) is 13.5. The molecule has 1 fully saturated rings. The fourth-order valence-electron chi connectivity index (χ4n) is 3.33. The molecule has 0 amide bonds. The third kappa shape index (κ3) is 5.23. The molecule has 0 unspecified atom stereocenters. The molecule has 1 aromatic carbocycles. The standard InChI is InChI=1S/C21H29N3O3S/c1-14(2)11-22-21(28)24(13-18-5-4-8-27-18)12-16-9-15-6-7-17(26-3)10-19(15)23-20(16)25/h6-7,9-10,14,18H,4-5,8,11-13H2,1-3H3,(H,22,28)(H,23,25)/t18-/m0/s1. The van der Waals surface area contributed by atoms with Crippen molar-refractivity contribution in [2.24, 2.45) is 5.92 Å². The van der Waals surface area contributed by atoms with E-state index in [1.807, 2.05) is 29.2 Å². The number of benzene rings is 1. The number of methoxy groups -OCH3 is 1. The van der Waals surface area contributed by atoms with E-state index in [1.54, 1.807) is 7.11 Å². The Morgan fingerprint density at radius 3 is 2.93 bits per heavy atom. The summed E-state index contributed by atoms with van der Waals surface area (Å²) in [4.78, 5) is 17.7. The molecular formula is C21H29N3O3S. The number of nitrogens with zero attached hydrogens (tertiary/aromatic N) is 1. The first-order valence-electron chi connectivity index (χ1n) is 9.80. The van der Waals surface area contributed by atoms with Crippen LogP contribution in [0, 0.1) is 5.92 Å². The van der Waals surface area contributed by atoms with E-state index in [1.165, 1.54) is 0 Å². The summed E-state index contributed by atoms with van der Waals surface area (Å²) in [6.07, 6.45) is 2.25. The van der Waals surface area contributed by atoms with Crippen LogP contribution >= 0.6 is 12.2 Å². The molecule has 7 heteroatoms. The highest BCUT2D eigenvalue weighted by Gasteiger charge is 2.22. The molecule has 0 saturated carbocycles. The van der Waals surface area contributed by atoms with Gasteiger partial charge in [0, 0.05) is 31.3 Å². The second kappa shape index (κ2) is 9.39. The molecule has 152 valence electrons. The van der Waals surface area contributed by atoms with E-state index in [-0.39, 0.29) is 11.7 Å². The van der Waals surface area contributed by atoms with Gasteiger partial charge in [-0.2, -0.15) is 0 Å². The normalized spacial score (nSPS) is 16.5. The summed E-state index contributed by atoms with van der Waals surface area (Å²) < 4.78 is 11.0. The Bertz CT molecular complexity index is 875. The van der Waals surface area contributed by atoms with Crippen molar-refractivity contribution >= 4 is 28.2 Å². The SMILES string of the molecule is COc1ccc2cc(CN(C[C@@H]3CCCO3)C(=S)NCC(C)C)c(=O)[nH]c2c1. The minimum absolute atomic E-state index is 0.107. The molecule has 1 atom stereocenters. The Balaban J connectivity index is 1.82. The molecule has 1 saturated heterocycles. The van der Waals surface area contributed by atoms with Crippen molar-refractivity contribution in [2.45, 2.75) is 39.3 Å². The van der Waals surface area contributed by atoms with Gasteiger partial charge >= 0.3 is 0 Å². The van der Waals surface area contributed by atoms with Gasteiger partial charge in [0.25, 0.3) is 5.56 Å². The highest BCUT2D eigenvalue weighted by molar-refractivity contribution is 7.80. The predicted molar refractivity (Wildman–Crippen MR) is 116 cm³/mol. The van der Waals surface area contributed by atoms with E-state index in [0.29, 0.717) is 29.7 Å². The minimum Gasteiger partial charge on any atom is -0.497 e. The van der Waals surface area contributed by atoms with Gasteiger partial charge in [-0.3, -0.25) is 4.79 Å². The summed E-state index contributed by atoms with van der Waals surface area (Å²) in [7, 11) is 1.61. The summed E-state index contributed by atoms with van der Waals surface area (Å²) >= 11 is 5.63. The molecule has 1 aromatic heterocycles. The number of hydrogen-bond donors (Lipinski definition) is 2. The summed E-state index contributed by atoms with van der Waals surface area (Å²) in [6.45, 7) is 7.01. The molecule has 2 heterocycles. The number of pyridine rings is 1. The zero-order chi connectivity index (χ0) is 20.1. The zero-order valence-corrected chi connectivity index (χ0v) is 17.6. The van der Waals surface area contributed by atoms with Gasteiger partial charge in [0.2, 0.25) is 0 Å². The first-order valence-corrected chi connectivity index (χ1v) is 10.2. The lowest BCUT2D eigenvalue weighted by Gasteiger charge is -2.28. The highest BCUT2D eigenvalue weighted by atomic mass is 32.1. The Hall–Kier alpha value is -2.12. The van der Waals surface area contributed by atoms with E-state index in [9.17, 15) is 4.79 Å². The van der Waals surface area contributed by atoms with Crippen LogP contribution in [0.5, 0.6) is 5.75 Å². The van der Waals surface area contributed by atoms with Crippen LogP contribution in [0.25, 0.3) is 10.9 Å². The second-order valence-electron chi connectivity index (χ2n) is 7.67. The van der Waals surface area contributed by atoms with Crippen LogP contribution in [0.1, 0.15) is 32.3 Å². The molecule has 0 spiro atoms. The maximum absolute atomic E-state index is 12.7. The maximum Gasteiger partial charge on any atom is 0.253 e. The molecule has 0 radical (unpaired) electrons. The van der Waals surface area contributed by atoms with Crippen molar-refractivity contribution < 1.29 is 9.47 Å². The molecular weight excluding hydrogens is 374 g/mol. The molecule has 6 nitrogen and oxygen atoms in total. The lowest BCUT2D eigenvalue weighted by atomic mass is 10.1. The fraction of sp³-hybridized carbons (Fsp3) is 0.524. The molecule has 0 aliphatic carbocycles. The van der Waals surface area contributed by atoms with Gasteiger partial charge in [-0.1, -0.05) is 13.8 Å². The van der Waals surface area contributed by atoms with Crippen LogP contribution in [-0.4, -0.2) is 47.9 Å². The highest BCUT2D eigenvalue weighted by Crippen LogP contribution is 2.20. The van der Waals surface area contributed by atoms with Crippen molar-refractivity contribution in [3.63, 3.8) is 0 Å². The lowest BCUT2D eigenvalue weighted by molar-refractivity contribution is 0.0896. The Morgan fingerprint density at radius 1 is 1.43 bits per heavy atom. The van der Waals surface area contributed by atoms with Gasteiger partial charge in [-0.25, -0.2) is 0 Å². The maximum atomic E-state index is 12.7. The van der Waals surface area contributed by atoms with E-state index in [0.717, 1.165) is 42.6 Å². The third-order valence-electron chi connectivity index (χ3n) is 4.89. The Morgan fingerprint density at radius 2 is 2.25 bits per heavy atom. The largest absolute Gasteiger partial charge is 0.497 e. The minimum atomic E-state index is -0.107. The van der Waals surface area contributed by atoms with Crippen molar-refractivity contribution in [1.82, 2.24) is 15.2 Å². The van der Waals surface area contributed by atoms with E-state index in [4.69, 9.17) is 21.7 Å². The van der Waals surface area contributed by atoms with Crippen LogP contribution in [0.2, 0.25) is 0 Å². The number of H-pyrrole nitrogens is 1. The molecule has 3 rings (SSSR count). The number of rotatable bonds is 7. The third-order valence-corrected chi connectivity index (χ3v) is 5.29. The molecule has 2 aromatic rings. The average molecular weight is 404 g/mol. The smallest absolute Gasteiger partial charge is 0.253 e. The van der Waals surface area contributed by atoms with Crippen LogP contribution in [0.3, 0.4) is 0 Å². The van der Waals surface area contributed by atoms with Gasteiger partial charge in [-0.15, -0.1) is 0 Å². The number of aromatic amines is 1. The number of thiocarbonyl (C=S) groups is 1. The van der Waals surface area contributed by atoms with E-state index in [2.05, 4.69) is 24.1 Å². The molecule has 1 aliphatic heterocycles. The number of aromatic nitrogens is 1. The quantitative estimate of drug-likeness (QED) is 0.693. The molecule has 1 aliphatic rings. The zero-order valence-electron chi connectivity index (χ0n) is 16.8. The number of ether oxygens (including phenoxy) is 2. The number of fused-ring (bicyclic) bond motifs is 1. The summed E-state index contributed by atoms with van der Waals surface area (Å²) in [5, 5.41) is 4.95. The van der Waals surface area contributed by atoms with Gasteiger partial charge in [0.15, 0.2) is 5.11 Å². The van der Waals surface area contributed by atoms with Crippen molar-refractivity contribution in [3.05, 3.63) is 40.2 Å². The van der Waals surface area contributed by atoms with Gasteiger partial charge in [-0.05, 0) is 54.6 Å². The van der Waals surface area contributed by atoms with E-state index >= 15 is 0 Å². The van der Waals surface area contributed by atoms with Gasteiger partial charge in [0.05, 0.1) is 25.3 Å². The van der Waals surface area contributed by atoms with Crippen molar-refractivity contribution in [1.29, 1.82) is 0 Å². The van der Waals surface area contributed by atoms with Crippen LogP contribution < -0.4 is 15.6 Å². The first kappa shape index (κ1) is 20.6. The topological polar surface area (TPSA) is 66.6 Å². The molecule has 0 bridgehead atoms. The van der Waals surface area contributed by atoms with Gasteiger partial charge < -0.3 is 24.7 Å². The van der Waals surface area contributed by atoms with E-state index < -0.39 is 0 Å². The monoisotopic (exact) mass is 403 g/mol. The van der Waals surface area contributed by atoms with Crippen LogP contribution in [0.4, 0.5) is 0 Å². The van der Waals surface area contributed by atoms with Crippen LogP contribution in [0.15, 0.2) is 29.1 Å². The predicted octanol–water partition coefficient (Wildman–Crippen LogP) is 3.05. The number of nitrogens with one attached hydrogen (secondary N) is 2. The Labute approximate surface area is 171 Å². The van der Waals surface area contributed by atoms with Gasteiger partial charge in [0.1, 0.15) is 5.75 Å². The summed E-state index contributed by atoms with van der Waals surface area (Å²) in [5.41, 5.74) is 1.34. The second-order valence-corrected chi connectivity index (χ2v) is 8.06. The lowest BCUT2D eigenvalue weighted by Crippen LogP contribution is -2.44. The molecule has 28 heavy (non-hydrogen) atoms.